The third kappa shape index (κ3) is 4.93. The zero-order valence-corrected chi connectivity index (χ0v) is 15.1. The lowest BCUT2D eigenvalue weighted by molar-refractivity contribution is 0.104. The molecule has 2 unspecified atom stereocenters. The predicted molar refractivity (Wildman–Crippen MR) is 91.9 cm³/mol. The van der Waals surface area contributed by atoms with Crippen molar-refractivity contribution in [1.82, 2.24) is 9.80 Å². The maximum Gasteiger partial charge on any atom is 0.0816 e. The summed E-state index contributed by atoms with van der Waals surface area (Å²) in [6.07, 6.45) is 2.70. The van der Waals surface area contributed by atoms with Crippen LogP contribution in [0.5, 0.6) is 0 Å². The first-order valence-corrected chi connectivity index (χ1v) is 8.66. The molecule has 0 amide bonds. The highest BCUT2D eigenvalue weighted by Crippen LogP contribution is 2.28. The van der Waals surface area contributed by atoms with Crippen molar-refractivity contribution in [1.29, 1.82) is 0 Å². The van der Waals surface area contributed by atoms with Gasteiger partial charge in [-0.1, -0.05) is 33.6 Å². The van der Waals surface area contributed by atoms with Crippen molar-refractivity contribution in [3.8, 4) is 0 Å². The van der Waals surface area contributed by atoms with Crippen molar-refractivity contribution in [2.24, 2.45) is 0 Å². The Morgan fingerprint density at radius 1 is 1.52 bits per heavy atom. The summed E-state index contributed by atoms with van der Waals surface area (Å²) in [6, 6.07) is 6.24. The molecule has 0 bridgehead atoms. The highest BCUT2D eigenvalue weighted by Gasteiger charge is 2.22. The number of aliphatic hydroxyl groups excluding tert-OH is 1. The number of halogens is 2. The van der Waals surface area contributed by atoms with Crippen LogP contribution in [0.3, 0.4) is 0 Å². The average Bonchev–Trinajstić information content (AvgIpc) is 2.44. The Morgan fingerprint density at radius 2 is 2.29 bits per heavy atom. The van der Waals surface area contributed by atoms with E-state index in [1.54, 1.807) is 0 Å². The zero-order chi connectivity index (χ0) is 15.4. The zero-order valence-electron chi connectivity index (χ0n) is 12.7. The van der Waals surface area contributed by atoms with Gasteiger partial charge in [0.25, 0.3) is 0 Å². The van der Waals surface area contributed by atoms with E-state index in [9.17, 15) is 5.11 Å². The maximum atomic E-state index is 10.4. The molecule has 21 heavy (non-hydrogen) atoms. The Balaban J connectivity index is 1.86. The molecule has 1 heterocycles. The first-order valence-electron chi connectivity index (χ1n) is 7.49. The van der Waals surface area contributed by atoms with Crippen LogP contribution >= 0.6 is 27.5 Å². The molecule has 0 aliphatic carbocycles. The summed E-state index contributed by atoms with van der Waals surface area (Å²) >= 11 is 9.58. The lowest BCUT2D eigenvalue weighted by Crippen LogP contribution is -2.45. The Labute approximate surface area is 141 Å². The van der Waals surface area contributed by atoms with Gasteiger partial charge in [-0.3, -0.25) is 0 Å². The fourth-order valence-corrected chi connectivity index (χ4v) is 3.73. The molecule has 2 atom stereocenters. The number of hydrogen-bond donors (Lipinski definition) is 1. The van der Waals surface area contributed by atoms with Crippen LogP contribution in [-0.4, -0.2) is 54.7 Å². The predicted octanol–water partition coefficient (Wildman–Crippen LogP) is 3.55. The summed E-state index contributed by atoms with van der Waals surface area (Å²) < 4.78 is 0.936. The molecule has 1 aromatic carbocycles. The van der Waals surface area contributed by atoms with Gasteiger partial charge in [-0.05, 0) is 57.6 Å². The van der Waals surface area contributed by atoms with E-state index in [0.29, 0.717) is 17.5 Å². The van der Waals surface area contributed by atoms with Gasteiger partial charge in [-0.2, -0.15) is 0 Å². The van der Waals surface area contributed by atoms with Crippen molar-refractivity contribution >= 4 is 27.5 Å². The number of likely N-dealkylation sites (tertiary alicyclic amines) is 1. The lowest BCUT2D eigenvalue weighted by Gasteiger charge is -2.36. The summed E-state index contributed by atoms with van der Waals surface area (Å²) in [5.41, 5.74) is 0.814. The molecule has 1 aliphatic heterocycles. The van der Waals surface area contributed by atoms with Crippen LogP contribution in [0, 0.1) is 0 Å². The van der Waals surface area contributed by atoms with Crippen LogP contribution in [0.1, 0.15) is 30.9 Å². The third-order valence-electron chi connectivity index (χ3n) is 4.30. The van der Waals surface area contributed by atoms with Crippen LogP contribution in [0.4, 0.5) is 0 Å². The van der Waals surface area contributed by atoms with E-state index in [4.69, 9.17) is 11.6 Å². The molecule has 2 rings (SSSR count). The average molecular weight is 376 g/mol. The molecule has 5 heteroatoms. The van der Waals surface area contributed by atoms with E-state index in [0.717, 1.165) is 23.1 Å². The van der Waals surface area contributed by atoms with Crippen LogP contribution in [0.15, 0.2) is 22.7 Å². The van der Waals surface area contributed by atoms with E-state index < -0.39 is 6.10 Å². The molecule has 1 aliphatic rings. The number of likely N-dealkylation sites (N-methyl/N-ethyl adjacent to an activating group) is 2. The van der Waals surface area contributed by atoms with Crippen molar-refractivity contribution in [3.63, 3.8) is 0 Å². The van der Waals surface area contributed by atoms with E-state index in [1.165, 1.54) is 19.4 Å². The minimum atomic E-state index is -0.505. The summed E-state index contributed by atoms with van der Waals surface area (Å²) in [7, 11) is 4.33. The molecule has 3 nitrogen and oxygen atoms in total. The van der Waals surface area contributed by atoms with Gasteiger partial charge >= 0.3 is 0 Å². The maximum absolute atomic E-state index is 10.4. The van der Waals surface area contributed by atoms with Gasteiger partial charge < -0.3 is 14.9 Å². The molecule has 0 aromatic heterocycles. The second kappa shape index (κ2) is 7.93. The van der Waals surface area contributed by atoms with Crippen molar-refractivity contribution < 1.29 is 5.11 Å². The fourth-order valence-electron chi connectivity index (χ4n) is 2.93. The molecule has 1 saturated heterocycles. The highest BCUT2D eigenvalue weighted by molar-refractivity contribution is 9.10. The van der Waals surface area contributed by atoms with Gasteiger partial charge in [-0.25, -0.2) is 0 Å². The van der Waals surface area contributed by atoms with Gasteiger partial charge in [-0.15, -0.1) is 0 Å². The molecule has 1 aromatic rings. The molecule has 0 spiro atoms. The second-order valence-corrected chi connectivity index (χ2v) is 7.33. The molecular weight excluding hydrogens is 352 g/mol. The van der Waals surface area contributed by atoms with Crippen molar-refractivity contribution in [3.05, 3.63) is 33.3 Å². The summed E-state index contributed by atoms with van der Waals surface area (Å²) in [5, 5.41) is 11.0. The van der Waals surface area contributed by atoms with Crippen molar-refractivity contribution in [2.75, 3.05) is 33.7 Å². The number of benzene rings is 1. The van der Waals surface area contributed by atoms with Crippen LogP contribution in [0.25, 0.3) is 0 Å². The van der Waals surface area contributed by atoms with E-state index >= 15 is 0 Å². The Bertz CT molecular complexity index is 472. The number of rotatable bonds is 5. The largest absolute Gasteiger partial charge is 0.388 e. The van der Waals surface area contributed by atoms with E-state index in [1.807, 2.05) is 18.2 Å². The minimum absolute atomic E-state index is 0.505. The molecular formula is C16H24BrClN2O. The molecule has 0 radical (unpaired) electrons. The van der Waals surface area contributed by atoms with Crippen LogP contribution in [0.2, 0.25) is 5.02 Å². The lowest BCUT2D eigenvalue weighted by atomic mass is 10.0. The van der Waals surface area contributed by atoms with Gasteiger partial charge in [0, 0.05) is 28.6 Å². The monoisotopic (exact) mass is 374 g/mol. The summed E-state index contributed by atoms with van der Waals surface area (Å²) in [6.45, 7) is 3.19. The second-order valence-electron chi connectivity index (χ2n) is 6.01. The topological polar surface area (TPSA) is 26.7 Å². The number of aliphatic hydroxyl groups is 1. The van der Waals surface area contributed by atoms with Crippen LogP contribution in [-0.2, 0) is 0 Å². The Morgan fingerprint density at radius 3 is 2.95 bits per heavy atom. The van der Waals surface area contributed by atoms with Crippen LogP contribution < -0.4 is 0 Å². The first kappa shape index (κ1) is 17.2. The van der Waals surface area contributed by atoms with E-state index in [-0.39, 0.29) is 0 Å². The first-order chi connectivity index (χ1) is 9.97. The van der Waals surface area contributed by atoms with Gasteiger partial charge in [0.2, 0.25) is 0 Å². The fraction of sp³-hybridized carbons (Fsp3) is 0.625. The molecule has 0 saturated carbocycles. The minimum Gasteiger partial charge on any atom is -0.388 e. The molecule has 1 fully saturated rings. The number of hydrogen-bond acceptors (Lipinski definition) is 3. The molecule has 1 N–H and O–H groups in total. The van der Waals surface area contributed by atoms with E-state index in [2.05, 4.69) is 39.8 Å². The normalized spacial score (nSPS) is 21.7. The quantitative estimate of drug-likeness (QED) is 0.852. The summed E-state index contributed by atoms with van der Waals surface area (Å²) in [5.74, 6) is 0. The van der Waals surface area contributed by atoms with Gasteiger partial charge in [0.05, 0.1) is 6.10 Å². The smallest absolute Gasteiger partial charge is 0.0816 e. The standard InChI is InChI=1S/C16H24BrClN2O/c1-19-8-3-4-13(11-19)20(2)9-7-16(21)14-6-5-12(17)10-15(14)18/h5-6,10,13,16,21H,3-4,7-9,11H2,1-2H3. The van der Waals surface area contributed by atoms with Gasteiger partial charge in [0.1, 0.15) is 0 Å². The number of piperidine rings is 1. The SMILES string of the molecule is CN1CCCC(N(C)CCC(O)c2ccc(Br)cc2Cl)C1. The third-order valence-corrected chi connectivity index (χ3v) is 5.12. The molecule has 118 valence electrons. The van der Waals surface area contributed by atoms with Crippen molar-refractivity contribution in [2.45, 2.75) is 31.4 Å². The summed E-state index contributed by atoms with van der Waals surface area (Å²) in [4.78, 5) is 4.75. The highest BCUT2D eigenvalue weighted by atomic mass is 79.9. The Hall–Kier alpha value is -0.130. The van der Waals surface area contributed by atoms with Gasteiger partial charge in [0.15, 0.2) is 0 Å². The Kier molecular flexibility index (Phi) is 6.51. The number of nitrogens with zero attached hydrogens (tertiary/aromatic N) is 2.